The zero-order valence-electron chi connectivity index (χ0n) is 13.6. The average molecular weight is 344 g/mol. The molecule has 0 saturated carbocycles. The molecule has 25 heavy (non-hydrogen) atoms. The first-order chi connectivity index (χ1) is 12.1. The van der Waals surface area contributed by atoms with Gasteiger partial charge in [-0.15, -0.1) is 0 Å². The molecule has 4 N–H and O–H groups in total. The Kier molecular flexibility index (Phi) is 5.30. The number of nitrogen functional groups attached to an aromatic ring is 1. The highest BCUT2D eigenvalue weighted by Gasteiger charge is 2.20. The Bertz CT molecular complexity index is 747. The van der Waals surface area contributed by atoms with Crippen LogP contribution in [0.3, 0.4) is 0 Å². The van der Waals surface area contributed by atoms with E-state index >= 15 is 0 Å². The predicted molar refractivity (Wildman–Crippen MR) is 92.0 cm³/mol. The van der Waals surface area contributed by atoms with Gasteiger partial charge in [-0.2, -0.15) is 4.98 Å². The minimum absolute atomic E-state index is 0.192. The molecule has 1 aliphatic rings. The van der Waals surface area contributed by atoms with E-state index in [1.807, 2.05) is 6.07 Å². The fraction of sp³-hybridized carbons (Fsp3) is 0.353. The fourth-order valence-electron chi connectivity index (χ4n) is 2.62. The molecule has 0 spiro atoms. The standard InChI is InChI=1S/C17H20N4O4/c18-17-20-14(12-4-6-24-10-12)9-15(21-17)19-5-7-25-13-3-1-2-11(8-13)16(22)23/h1-3,8-9,12H,4-7,10H2,(H,22,23)(H3,18,19,20,21). The summed E-state index contributed by atoms with van der Waals surface area (Å²) in [6.07, 6.45) is 0.929. The number of ether oxygens (including phenoxy) is 2. The summed E-state index contributed by atoms with van der Waals surface area (Å²) in [5, 5.41) is 12.1. The van der Waals surface area contributed by atoms with Gasteiger partial charge < -0.3 is 25.6 Å². The second kappa shape index (κ2) is 7.80. The van der Waals surface area contributed by atoms with Crippen LogP contribution in [0.25, 0.3) is 0 Å². The zero-order valence-corrected chi connectivity index (χ0v) is 13.6. The molecule has 1 saturated heterocycles. The molecule has 1 aromatic heterocycles. The number of benzene rings is 1. The molecule has 0 radical (unpaired) electrons. The molecule has 132 valence electrons. The number of carbonyl (C=O) groups is 1. The van der Waals surface area contributed by atoms with Gasteiger partial charge >= 0.3 is 5.97 Å². The largest absolute Gasteiger partial charge is 0.492 e. The van der Waals surface area contributed by atoms with E-state index in [0.29, 0.717) is 31.3 Å². The lowest BCUT2D eigenvalue weighted by Crippen LogP contribution is -2.14. The number of hydrogen-bond donors (Lipinski definition) is 3. The van der Waals surface area contributed by atoms with Crippen LogP contribution in [0.4, 0.5) is 11.8 Å². The normalized spacial score (nSPS) is 16.6. The van der Waals surface area contributed by atoms with E-state index in [1.54, 1.807) is 12.1 Å². The third kappa shape index (κ3) is 4.57. The van der Waals surface area contributed by atoms with E-state index in [4.69, 9.17) is 20.3 Å². The van der Waals surface area contributed by atoms with Crippen molar-refractivity contribution in [3.05, 3.63) is 41.6 Å². The molecule has 1 aliphatic heterocycles. The Morgan fingerprint density at radius 2 is 2.28 bits per heavy atom. The lowest BCUT2D eigenvalue weighted by molar-refractivity contribution is 0.0696. The van der Waals surface area contributed by atoms with Crippen molar-refractivity contribution in [3.8, 4) is 5.75 Å². The SMILES string of the molecule is Nc1nc(NCCOc2cccc(C(=O)O)c2)cc(C2CCOC2)n1. The summed E-state index contributed by atoms with van der Waals surface area (Å²) in [7, 11) is 0. The van der Waals surface area contributed by atoms with Gasteiger partial charge in [0.1, 0.15) is 18.2 Å². The van der Waals surface area contributed by atoms with Crippen LogP contribution in [0.15, 0.2) is 30.3 Å². The molecule has 3 rings (SSSR count). The van der Waals surface area contributed by atoms with E-state index < -0.39 is 5.97 Å². The molecule has 2 aromatic rings. The Balaban J connectivity index is 1.53. The number of rotatable bonds is 7. The smallest absolute Gasteiger partial charge is 0.335 e. The second-order valence-corrected chi connectivity index (χ2v) is 5.70. The van der Waals surface area contributed by atoms with E-state index in [1.165, 1.54) is 12.1 Å². The van der Waals surface area contributed by atoms with Crippen molar-refractivity contribution in [3.63, 3.8) is 0 Å². The van der Waals surface area contributed by atoms with Gasteiger partial charge in [-0.1, -0.05) is 6.07 Å². The van der Waals surface area contributed by atoms with Crippen molar-refractivity contribution >= 4 is 17.7 Å². The van der Waals surface area contributed by atoms with E-state index in [0.717, 1.165) is 18.7 Å². The van der Waals surface area contributed by atoms with Gasteiger partial charge in [0.2, 0.25) is 5.95 Å². The number of hydrogen-bond acceptors (Lipinski definition) is 7. The summed E-state index contributed by atoms with van der Waals surface area (Å²) in [6.45, 7) is 2.24. The predicted octanol–water partition coefficient (Wildman–Crippen LogP) is 1.75. The van der Waals surface area contributed by atoms with Crippen LogP contribution in [0.1, 0.15) is 28.4 Å². The highest BCUT2D eigenvalue weighted by atomic mass is 16.5. The molecule has 1 aromatic carbocycles. The third-order valence-electron chi connectivity index (χ3n) is 3.87. The first-order valence-electron chi connectivity index (χ1n) is 8.04. The van der Waals surface area contributed by atoms with Crippen LogP contribution in [0.2, 0.25) is 0 Å². The Morgan fingerprint density at radius 1 is 1.40 bits per heavy atom. The number of nitrogens with two attached hydrogens (primary N) is 1. The van der Waals surface area contributed by atoms with Crippen molar-refractivity contribution in [2.45, 2.75) is 12.3 Å². The third-order valence-corrected chi connectivity index (χ3v) is 3.87. The van der Waals surface area contributed by atoms with Gasteiger partial charge in [0.15, 0.2) is 0 Å². The maximum absolute atomic E-state index is 10.9. The Labute approximate surface area is 145 Å². The van der Waals surface area contributed by atoms with Crippen molar-refractivity contribution in [2.75, 3.05) is 37.4 Å². The minimum Gasteiger partial charge on any atom is -0.492 e. The van der Waals surface area contributed by atoms with Gasteiger partial charge in [-0.25, -0.2) is 9.78 Å². The summed E-state index contributed by atoms with van der Waals surface area (Å²) in [4.78, 5) is 19.4. The van der Waals surface area contributed by atoms with Crippen LogP contribution in [-0.2, 0) is 4.74 Å². The number of aromatic nitrogens is 2. The first-order valence-corrected chi connectivity index (χ1v) is 8.04. The van der Waals surface area contributed by atoms with Crippen molar-refractivity contribution < 1.29 is 19.4 Å². The molecule has 8 heteroatoms. The van der Waals surface area contributed by atoms with Crippen LogP contribution in [0, 0.1) is 0 Å². The Morgan fingerprint density at radius 3 is 3.04 bits per heavy atom. The number of nitrogens with one attached hydrogen (secondary N) is 1. The molecule has 1 unspecified atom stereocenters. The van der Waals surface area contributed by atoms with E-state index in [2.05, 4.69) is 15.3 Å². The molecule has 0 amide bonds. The van der Waals surface area contributed by atoms with Crippen LogP contribution in [-0.4, -0.2) is 47.4 Å². The maximum Gasteiger partial charge on any atom is 0.335 e. The molecule has 8 nitrogen and oxygen atoms in total. The number of nitrogens with zero attached hydrogens (tertiary/aromatic N) is 2. The topological polar surface area (TPSA) is 120 Å². The maximum atomic E-state index is 10.9. The monoisotopic (exact) mass is 344 g/mol. The number of carboxylic acid groups (broad SMARTS) is 1. The number of carboxylic acids is 1. The van der Waals surface area contributed by atoms with E-state index in [9.17, 15) is 4.79 Å². The molecule has 2 heterocycles. The van der Waals surface area contributed by atoms with Crippen molar-refractivity contribution in [1.82, 2.24) is 9.97 Å². The molecule has 1 atom stereocenters. The first kappa shape index (κ1) is 17.0. The molecule has 1 fully saturated rings. The zero-order chi connectivity index (χ0) is 17.6. The highest BCUT2D eigenvalue weighted by molar-refractivity contribution is 5.87. The molecule has 0 bridgehead atoms. The number of aromatic carboxylic acids is 1. The van der Waals surface area contributed by atoms with Gasteiger partial charge in [0.25, 0.3) is 0 Å². The van der Waals surface area contributed by atoms with E-state index in [-0.39, 0.29) is 17.4 Å². The van der Waals surface area contributed by atoms with Gasteiger partial charge in [0, 0.05) is 18.6 Å². The van der Waals surface area contributed by atoms with Crippen LogP contribution >= 0.6 is 0 Å². The Hall–Kier alpha value is -2.87. The van der Waals surface area contributed by atoms with Crippen molar-refractivity contribution in [1.29, 1.82) is 0 Å². The van der Waals surface area contributed by atoms with Gasteiger partial charge in [-0.05, 0) is 24.6 Å². The lowest BCUT2D eigenvalue weighted by Gasteiger charge is -2.12. The van der Waals surface area contributed by atoms with Crippen LogP contribution in [0.5, 0.6) is 5.75 Å². The summed E-state index contributed by atoms with van der Waals surface area (Å²) in [5.41, 5.74) is 6.85. The van der Waals surface area contributed by atoms with Crippen molar-refractivity contribution in [2.24, 2.45) is 0 Å². The van der Waals surface area contributed by atoms with Gasteiger partial charge in [-0.3, -0.25) is 0 Å². The summed E-state index contributed by atoms with van der Waals surface area (Å²) < 4.78 is 10.9. The quantitative estimate of drug-likeness (QED) is 0.650. The fourth-order valence-corrected chi connectivity index (χ4v) is 2.62. The average Bonchev–Trinajstić information content (AvgIpc) is 3.13. The minimum atomic E-state index is -0.983. The number of anilines is 2. The summed E-state index contributed by atoms with van der Waals surface area (Å²) in [6, 6.07) is 8.25. The molecule has 0 aliphatic carbocycles. The van der Waals surface area contributed by atoms with Gasteiger partial charge in [0.05, 0.1) is 24.4 Å². The highest BCUT2D eigenvalue weighted by Crippen LogP contribution is 2.25. The molecular weight excluding hydrogens is 324 g/mol. The lowest BCUT2D eigenvalue weighted by atomic mass is 10.0. The summed E-state index contributed by atoms with van der Waals surface area (Å²) >= 11 is 0. The molecular formula is C17H20N4O4. The summed E-state index contributed by atoms with van der Waals surface area (Å²) in [5.74, 6) is 0.635. The second-order valence-electron chi connectivity index (χ2n) is 5.70. The van der Waals surface area contributed by atoms with Crippen LogP contribution < -0.4 is 15.8 Å².